The molecule has 0 radical (unpaired) electrons. The number of benzene rings is 1. The standard InChI is InChI=1S/C22H26F3NO6/c1-5-10-16-19(32-21(28)30-7-3)17(14-11-8-9-12-15(14)22(23,24)25)18(13(4)26-16)31-20(27)29-6-2/h8-9,11-12,17,26H,5-7,10H2,1-4H3. The summed E-state index contributed by atoms with van der Waals surface area (Å²) in [6.45, 7) is 6.55. The van der Waals surface area contributed by atoms with Crippen LogP contribution in [0.4, 0.5) is 22.8 Å². The summed E-state index contributed by atoms with van der Waals surface area (Å²) in [7, 11) is 0. The molecule has 0 aliphatic carbocycles. The van der Waals surface area contributed by atoms with Gasteiger partial charge in [-0.15, -0.1) is 0 Å². The van der Waals surface area contributed by atoms with Gasteiger partial charge in [0.2, 0.25) is 0 Å². The molecule has 0 fully saturated rings. The molecule has 0 saturated heterocycles. The van der Waals surface area contributed by atoms with Gasteiger partial charge in [-0.2, -0.15) is 13.2 Å². The van der Waals surface area contributed by atoms with E-state index in [2.05, 4.69) is 5.32 Å². The predicted octanol–water partition coefficient (Wildman–Crippen LogP) is 5.98. The molecule has 32 heavy (non-hydrogen) atoms. The number of allylic oxidation sites excluding steroid dienone is 2. The number of alkyl halides is 3. The average molecular weight is 457 g/mol. The molecule has 0 amide bonds. The normalized spacial score (nSPS) is 16.4. The van der Waals surface area contributed by atoms with E-state index in [0.717, 1.165) is 6.07 Å². The SMILES string of the molecule is CCCC1=C(OC(=O)OCC)C(c2ccccc2C(F)(F)F)C(OC(=O)OCC)=C(C)N1. The first-order valence-electron chi connectivity index (χ1n) is 10.2. The summed E-state index contributed by atoms with van der Waals surface area (Å²) in [6, 6.07) is 4.83. The van der Waals surface area contributed by atoms with Crippen LogP contribution in [0.15, 0.2) is 47.2 Å². The van der Waals surface area contributed by atoms with Crippen molar-refractivity contribution in [1.82, 2.24) is 5.32 Å². The Balaban J connectivity index is 2.72. The van der Waals surface area contributed by atoms with Gasteiger partial charge in [0.15, 0.2) is 0 Å². The molecule has 0 spiro atoms. The van der Waals surface area contributed by atoms with Crippen LogP contribution >= 0.6 is 0 Å². The van der Waals surface area contributed by atoms with Crippen LogP contribution in [0.1, 0.15) is 57.6 Å². The maximum Gasteiger partial charge on any atom is 0.513 e. The van der Waals surface area contributed by atoms with E-state index < -0.39 is 30.0 Å². The lowest BCUT2D eigenvalue weighted by Crippen LogP contribution is -2.31. The van der Waals surface area contributed by atoms with E-state index in [1.807, 2.05) is 6.92 Å². The van der Waals surface area contributed by atoms with Gasteiger partial charge in [0.1, 0.15) is 17.4 Å². The monoisotopic (exact) mass is 457 g/mol. The van der Waals surface area contributed by atoms with E-state index in [9.17, 15) is 22.8 Å². The number of ether oxygens (including phenoxy) is 4. The molecule has 0 aromatic heterocycles. The van der Waals surface area contributed by atoms with Crippen LogP contribution in [0.5, 0.6) is 0 Å². The number of hydrogen-bond donors (Lipinski definition) is 1. The number of nitrogens with one attached hydrogen (secondary N) is 1. The Bertz CT molecular complexity index is 907. The number of dihydropyridines is 1. The molecule has 1 aromatic rings. The second-order valence-electron chi connectivity index (χ2n) is 6.80. The molecule has 7 nitrogen and oxygen atoms in total. The topological polar surface area (TPSA) is 83.1 Å². The summed E-state index contributed by atoms with van der Waals surface area (Å²) in [5.74, 6) is -1.64. The highest BCUT2D eigenvalue weighted by Crippen LogP contribution is 2.45. The summed E-state index contributed by atoms with van der Waals surface area (Å²) < 4.78 is 61.9. The van der Waals surface area contributed by atoms with Crippen LogP contribution in [0.25, 0.3) is 0 Å². The van der Waals surface area contributed by atoms with Crippen molar-refractivity contribution in [2.75, 3.05) is 13.2 Å². The van der Waals surface area contributed by atoms with Gasteiger partial charge in [-0.3, -0.25) is 0 Å². The average Bonchev–Trinajstić information content (AvgIpc) is 2.71. The molecule has 1 aliphatic rings. The fourth-order valence-electron chi connectivity index (χ4n) is 3.31. The molecule has 176 valence electrons. The number of carbonyl (C=O) groups is 2. The summed E-state index contributed by atoms with van der Waals surface area (Å²) in [5, 5.41) is 2.98. The second-order valence-corrected chi connectivity index (χ2v) is 6.80. The third-order valence-corrected chi connectivity index (χ3v) is 4.52. The third kappa shape index (κ3) is 5.95. The molecule has 0 bridgehead atoms. The Morgan fingerprint density at radius 1 is 0.969 bits per heavy atom. The van der Waals surface area contributed by atoms with Gasteiger partial charge in [0, 0.05) is 0 Å². The van der Waals surface area contributed by atoms with E-state index >= 15 is 0 Å². The van der Waals surface area contributed by atoms with Crippen molar-refractivity contribution in [3.63, 3.8) is 0 Å². The maximum absolute atomic E-state index is 13.9. The second kappa shape index (κ2) is 10.9. The Kier molecular flexibility index (Phi) is 8.56. The number of rotatable bonds is 7. The molecule has 1 heterocycles. The van der Waals surface area contributed by atoms with Crippen molar-refractivity contribution >= 4 is 12.3 Å². The minimum Gasteiger partial charge on any atom is -0.434 e. The molecule has 1 atom stereocenters. The van der Waals surface area contributed by atoms with E-state index in [1.165, 1.54) is 18.2 Å². The largest absolute Gasteiger partial charge is 0.513 e. The molecule has 1 N–H and O–H groups in total. The van der Waals surface area contributed by atoms with Crippen LogP contribution in [-0.2, 0) is 25.1 Å². The van der Waals surface area contributed by atoms with E-state index in [1.54, 1.807) is 20.8 Å². The van der Waals surface area contributed by atoms with Crippen LogP contribution in [0, 0.1) is 0 Å². The summed E-state index contributed by atoms with van der Waals surface area (Å²) >= 11 is 0. The van der Waals surface area contributed by atoms with Crippen LogP contribution < -0.4 is 5.32 Å². The molecule has 2 rings (SSSR count). The minimum absolute atomic E-state index is 0.00546. The predicted molar refractivity (Wildman–Crippen MR) is 108 cm³/mol. The van der Waals surface area contributed by atoms with Crippen molar-refractivity contribution in [2.24, 2.45) is 0 Å². The Morgan fingerprint density at radius 3 is 2.06 bits per heavy atom. The van der Waals surface area contributed by atoms with Crippen molar-refractivity contribution < 1.29 is 41.7 Å². The molecule has 0 saturated carbocycles. The first kappa shape index (κ1) is 25.1. The first-order valence-corrected chi connectivity index (χ1v) is 10.2. The number of halogens is 3. The van der Waals surface area contributed by atoms with Gasteiger partial charge in [0.25, 0.3) is 0 Å². The maximum atomic E-state index is 13.9. The van der Waals surface area contributed by atoms with Gasteiger partial charge >= 0.3 is 18.5 Å². The van der Waals surface area contributed by atoms with Crippen molar-refractivity contribution in [3.8, 4) is 0 Å². The Labute approximate surface area is 184 Å². The lowest BCUT2D eigenvalue weighted by Gasteiger charge is -2.32. The van der Waals surface area contributed by atoms with Gasteiger partial charge in [0.05, 0.1) is 30.2 Å². The quantitative estimate of drug-likeness (QED) is 0.504. The van der Waals surface area contributed by atoms with E-state index in [-0.39, 0.29) is 30.3 Å². The first-order chi connectivity index (χ1) is 15.1. The third-order valence-electron chi connectivity index (χ3n) is 4.52. The van der Waals surface area contributed by atoms with Gasteiger partial charge < -0.3 is 24.3 Å². The van der Waals surface area contributed by atoms with Crippen LogP contribution in [-0.4, -0.2) is 25.5 Å². The molecular weight excluding hydrogens is 431 g/mol. The molecule has 1 aliphatic heterocycles. The molecule has 1 unspecified atom stereocenters. The van der Waals surface area contributed by atoms with Crippen molar-refractivity contribution in [2.45, 2.75) is 52.6 Å². The Hall–Kier alpha value is -3.17. The van der Waals surface area contributed by atoms with E-state index in [0.29, 0.717) is 24.2 Å². The zero-order valence-corrected chi connectivity index (χ0v) is 18.3. The van der Waals surface area contributed by atoms with Crippen molar-refractivity contribution in [3.05, 3.63) is 58.3 Å². The smallest absolute Gasteiger partial charge is 0.434 e. The van der Waals surface area contributed by atoms with Crippen LogP contribution in [0.2, 0.25) is 0 Å². The lowest BCUT2D eigenvalue weighted by molar-refractivity contribution is -0.138. The van der Waals surface area contributed by atoms with Gasteiger partial charge in [-0.05, 0) is 38.8 Å². The fourth-order valence-corrected chi connectivity index (χ4v) is 3.31. The van der Waals surface area contributed by atoms with Crippen LogP contribution in [0.3, 0.4) is 0 Å². The summed E-state index contributed by atoms with van der Waals surface area (Å²) in [5.41, 5.74) is -0.519. The molecule has 10 heteroatoms. The summed E-state index contributed by atoms with van der Waals surface area (Å²) in [4.78, 5) is 24.2. The number of carbonyl (C=O) groups excluding carboxylic acids is 2. The van der Waals surface area contributed by atoms with Crippen molar-refractivity contribution in [1.29, 1.82) is 0 Å². The fraction of sp³-hybridized carbons (Fsp3) is 0.455. The highest BCUT2D eigenvalue weighted by atomic mass is 19.4. The lowest BCUT2D eigenvalue weighted by atomic mass is 9.86. The molecule has 1 aromatic carbocycles. The van der Waals surface area contributed by atoms with Gasteiger partial charge in [-0.1, -0.05) is 31.5 Å². The zero-order valence-electron chi connectivity index (χ0n) is 18.3. The summed E-state index contributed by atoms with van der Waals surface area (Å²) in [6.07, 6.45) is -5.91. The molecular formula is C22H26F3NO6. The minimum atomic E-state index is -4.70. The van der Waals surface area contributed by atoms with E-state index in [4.69, 9.17) is 18.9 Å². The van der Waals surface area contributed by atoms with Gasteiger partial charge in [-0.25, -0.2) is 9.59 Å². The Morgan fingerprint density at radius 2 is 1.53 bits per heavy atom. The highest BCUT2D eigenvalue weighted by Gasteiger charge is 2.42. The number of hydrogen-bond acceptors (Lipinski definition) is 7. The zero-order chi connectivity index (χ0) is 23.9. The highest BCUT2D eigenvalue weighted by molar-refractivity contribution is 5.65.